The summed E-state index contributed by atoms with van der Waals surface area (Å²) in [5.41, 5.74) is 7.24. The van der Waals surface area contributed by atoms with E-state index in [1.165, 1.54) is 6.42 Å². The number of nitrogens with two attached hydrogens (primary N) is 1. The van der Waals surface area contributed by atoms with E-state index >= 15 is 0 Å². The zero-order valence-corrected chi connectivity index (χ0v) is 12.8. The van der Waals surface area contributed by atoms with Crippen LogP contribution in [0.2, 0.25) is 0 Å². The lowest BCUT2D eigenvalue weighted by atomic mass is 9.84. The van der Waals surface area contributed by atoms with Gasteiger partial charge < -0.3 is 11.1 Å². The highest BCUT2D eigenvalue weighted by Crippen LogP contribution is 2.47. The van der Waals surface area contributed by atoms with Gasteiger partial charge >= 0.3 is 0 Å². The van der Waals surface area contributed by atoms with Crippen molar-refractivity contribution < 1.29 is 4.79 Å². The Morgan fingerprint density at radius 3 is 2.75 bits per heavy atom. The molecule has 0 saturated heterocycles. The first-order valence-corrected chi connectivity index (χ1v) is 7.10. The van der Waals surface area contributed by atoms with E-state index in [-0.39, 0.29) is 36.3 Å². The van der Waals surface area contributed by atoms with Crippen molar-refractivity contribution in [3.05, 3.63) is 18.0 Å². The van der Waals surface area contributed by atoms with Gasteiger partial charge in [0, 0.05) is 24.8 Å². The highest BCUT2D eigenvalue weighted by molar-refractivity contribution is 5.85. The summed E-state index contributed by atoms with van der Waals surface area (Å²) in [5, 5.41) is 7.23. The van der Waals surface area contributed by atoms with Gasteiger partial charge in [0.2, 0.25) is 5.91 Å². The van der Waals surface area contributed by atoms with Gasteiger partial charge in [-0.1, -0.05) is 0 Å². The van der Waals surface area contributed by atoms with Crippen LogP contribution in [-0.2, 0) is 11.8 Å². The van der Waals surface area contributed by atoms with Gasteiger partial charge in [-0.15, -0.1) is 12.4 Å². The average molecular weight is 299 g/mol. The van der Waals surface area contributed by atoms with Crippen molar-refractivity contribution in [1.82, 2.24) is 15.1 Å². The lowest BCUT2D eigenvalue weighted by Gasteiger charge is -2.28. The van der Waals surface area contributed by atoms with Crippen LogP contribution in [0.25, 0.3) is 0 Å². The van der Waals surface area contributed by atoms with Gasteiger partial charge in [-0.2, -0.15) is 5.10 Å². The van der Waals surface area contributed by atoms with Gasteiger partial charge in [-0.05, 0) is 38.0 Å². The van der Waals surface area contributed by atoms with E-state index in [2.05, 4.69) is 10.4 Å². The van der Waals surface area contributed by atoms with Crippen LogP contribution in [-0.4, -0.2) is 21.7 Å². The topological polar surface area (TPSA) is 72.9 Å². The third-order valence-electron chi connectivity index (χ3n) is 4.87. The zero-order valence-electron chi connectivity index (χ0n) is 12.0. The molecule has 1 aromatic rings. The number of amides is 1. The SMILES string of the molecule is CC(NC(=O)C1C2CCC(C2)C1N)c1cnn(C)c1.Cl. The minimum absolute atomic E-state index is 0. The van der Waals surface area contributed by atoms with Crippen LogP contribution in [0.15, 0.2) is 12.4 Å². The van der Waals surface area contributed by atoms with Gasteiger partial charge in [0.1, 0.15) is 0 Å². The Kier molecular flexibility index (Phi) is 4.39. The highest BCUT2D eigenvalue weighted by atomic mass is 35.5. The summed E-state index contributed by atoms with van der Waals surface area (Å²) < 4.78 is 1.75. The van der Waals surface area contributed by atoms with Gasteiger partial charge in [-0.3, -0.25) is 9.48 Å². The van der Waals surface area contributed by atoms with Gasteiger partial charge in [0.05, 0.1) is 18.2 Å². The van der Waals surface area contributed by atoms with Crippen LogP contribution in [0, 0.1) is 17.8 Å². The molecule has 112 valence electrons. The number of hydrogen-bond donors (Lipinski definition) is 2. The van der Waals surface area contributed by atoms with Crippen molar-refractivity contribution in [2.75, 3.05) is 0 Å². The van der Waals surface area contributed by atoms with Crippen molar-refractivity contribution in [2.24, 2.45) is 30.5 Å². The Bertz CT molecular complexity index is 487. The van der Waals surface area contributed by atoms with Crippen LogP contribution in [0.1, 0.15) is 37.8 Å². The van der Waals surface area contributed by atoms with Gasteiger partial charge in [0.25, 0.3) is 0 Å². The van der Waals surface area contributed by atoms with E-state index in [1.807, 2.05) is 20.2 Å². The first-order chi connectivity index (χ1) is 9.06. The van der Waals surface area contributed by atoms with Crippen LogP contribution >= 0.6 is 12.4 Å². The Balaban J connectivity index is 0.00000147. The second kappa shape index (κ2) is 5.74. The van der Waals surface area contributed by atoms with Crippen molar-refractivity contribution in [1.29, 1.82) is 0 Å². The van der Waals surface area contributed by atoms with E-state index in [9.17, 15) is 4.79 Å². The molecule has 2 fully saturated rings. The van der Waals surface area contributed by atoms with Crippen LogP contribution in [0.5, 0.6) is 0 Å². The molecule has 3 N–H and O–H groups in total. The number of hydrogen-bond acceptors (Lipinski definition) is 3. The quantitative estimate of drug-likeness (QED) is 0.886. The fraction of sp³-hybridized carbons (Fsp3) is 0.714. The highest BCUT2D eigenvalue weighted by Gasteiger charge is 2.49. The van der Waals surface area contributed by atoms with Crippen molar-refractivity contribution in [3.63, 3.8) is 0 Å². The van der Waals surface area contributed by atoms with Gasteiger partial charge in [-0.25, -0.2) is 0 Å². The number of nitrogens with zero attached hydrogens (tertiary/aromatic N) is 2. The normalized spacial score (nSPS) is 32.8. The molecular weight excluding hydrogens is 276 g/mol. The molecule has 0 spiro atoms. The fourth-order valence-electron chi connectivity index (χ4n) is 3.78. The monoisotopic (exact) mass is 298 g/mol. The third-order valence-corrected chi connectivity index (χ3v) is 4.87. The number of carbonyl (C=O) groups is 1. The number of halogens is 1. The number of aromatic nitrogens is 2. The third kappa shape index (κ3) is 2.56. The largest absolute Gasteiger partial charge is 0.349 e. The second-order valence-electron chi connectivity index (χ2n) is 6.11. The Labute approximate surface area is 125 Å². The maximum Gasteiger partial charge on any atom is 0.225 e. The second-order valence-corrected chi connectivity index (χ2v) is 6.11. The van der Waals surface area contributed by atoms with Crippen molar-refractivity contribution >= 4 is 18.3 Å². The molecular formula is C14H23ClN4O. The Morgan fingerprint density at radius 2 is 2.20 bits per heavy atom. The van der Waals surface area contributed by atoms with E-state index in [0.717, 1.165) is 18.4 Å². The fourth-order valence-corrected chi connectivity index (χ4v) is 3.78. The predicted molar refractivity (Wildman–Crippen MR) is 79.3 cm³/mol. The summed E-state index contributed by atoms with van der Waals surface area (Å²) in [7, 11) is 1.88. The summed E-state index contributed by atoms with van der Waals surface area (Å²) in [6, 6.07) is 0.0485. The standard InChI is InChI=1S/C14H22N4O.ClH/c1-8(11-6-16-18(2)7-11)17-14(19)12-9-3-4-10(5-9)13(12)15;/h6-10,12-13H,3-5,15H2,1-2H3,(H,17,19);1H. The molecule has 5 nitrogen and oxygen atoms in total. The van der Waals surface area contributed by atoms with E-state index in [0.29, 0.717) is 11.8 Å². The van der Waals surface area contributed by atoms with Crippen LogP contribution < -0.4 is 11.1 Å². The summed E-state index contributed by atoms with van der Waals surface area (Å²) >= 11 is 0. The molecule has 0 radical (unpaired) electrons. The molecule has 6 heteroatoms. The minimum Gasteiger partial charge on any atom is -0.349 e. The summed E-state index contributed by atoms with van der Waals surface area (Å²) in [6.07, 6.45) is 7.24. The number of fused-ring (bicyclic) bond motifs is 2. The number of rotatable bonds is 3. The minimum atomic E-state index is -0.00692. The molecule has 2 saturated carbocycles. The predicted octanol–water partition coefficient (Wildman–Crippen LogP) is 1.39. The Hall–Kier alpha value is -1.07. The van der Waals surface area contributed by atoms with Crippen molar-refractivity contribution in [2.45, 2.75) is 38.3 Å². The average Bonchev–Trinajstić information content (AvgIpc) is 3.03. The van der Waals surface area contributed by atoms with E-state index in [4.69, 9.17) is 5.73 Å². The van der Waals surface area contributed by atoms with E-state index in [1.54, 1.807) is 10.9 Å². The van der Waals surface area contributed by atoms with Crippen molar-refractivity contribution in [3.8, 4) is 0 Å². The first kappa shape index (κ1) is 15.3. The number of aryl methyl sites for hydroxylation is 1. The molecule has 2 bridgehead atoms. The molecule has 1 heterocycles. The molecule has 0 aliphatic heterocycles. The lowest BCUT2D eigenvalue weighted by Crippen LogP contribution is -2.45. The maximum absolute atomic E-state index is 12.4. The van der Waals surface area contributed by atoms with E-state index < -0.39 is 0 Å². The Morgan fingerprint density at radius 1 is 1.50 bits per heavy atom. The number of nitrogens with one attached hydrogen (secondary N) is 1. The number of carbonyl (C=O) groups excluding carboxylic acids is 1. The first-order valence-electron chi connectivity index (χ1n) is 7.10. The molecule has 20 heavy (non-hydrogen) atoms. The zero-order chi connectivity index (χ0) is 13.6. The molecule has 5 atom stereocenters. The molecule has 2 aliphatic carbocycles. The summed E-state index contributed by atoms with van der Waals surface area (Å²) in [5.74, 6) is 1.20. The molecule has 1 amide bonds. The molecule has 2 aliphatic rings. The maximum atomic E-state index is 12.4. The summed E-state index contributed by atoms with van der Waals surface area (Å²) in [4.78, 5) is 12.4. The lowest BCUT2D eigenvalue weighted by molar-refractivity contribution is -0.127. The molecule has 3 rings (SSSR count). The smallest absolute Gasteiger partial charge is 0.225 e. The van der Waals surface area contributed by atoms with Gasteiger partial charge in [0.15, 0.2) is 0 Å². The molecule has 5 unspecified atom stereocenters. The van der Waals surface area contributed by atoms with Crippen LogP contribution in [0.4, 0.5) is 0 Å². The van der Waals surface area contributed by atoms with Crippen LogP contribution in [0.3, 0.4) is 0 Å². The molecule has 1 aromatic heterocycles. The molecule has 0 aromatic carbocycles. The summed E-state index contributed by atoms with van der Waals surface area (Å²) in [6.45, 7) is 1.99.